The number of nitrogens with zero attached hydrogens (tertiary/aromatic N) is 2. The van der Waals surface area contributed by atoms with Gasteiger partial charge in [0.05, 0.1) is 22.6 Å². The van der Waals surface area contributed by atoms with Crippen molar-refractivity contribution in [2.24, 2.45) is 0 Å². The maximum Gasteiger partial charge on any atom is -0.693 e. The molecule has 8 heteroatoms. The third-order valence-corrected chi connectivity index (χ3v) is 5.12. The van der Waals surface area contributed by atoms with Crippen LogP contribution in [0.3, 0.4) is 0 Å². The first-order chi connectivity index (χ1) is 15.6. The number of rotatable bonds is 5. The average molecular weight is 679 g/mol. The number of amidine groups is 1. The molecule has 0 saturated carbocycles. The number of benzene rings is 3. The fourth-order valence-electron chi connectivity index (χ4n) is 3.57. The minimum atomic E-state index is 0. The van der Waals surface area contributed by atoms with Crippen molar-refractivity contribution in [1.82, 2.24) is 9.88 Å². The second-order valence-electron chi connectivity index (χ2n) is 7.54. The van der Waals surface area contributed by atoms with Gasteiger partial charge in [-0.25, -0.2) is 4.98 Å². The van der Waals surface area contributed by atoms with E-state index in [0.717, 1.165) is 47.0 Å². The van der Waals surface area contributed by atoms with Gasteiger partial charge < -0.3 is 22.5 Å². The maximum atomic E-state index is 7.97. The molecule has 0 amide bonds. The van der Waals surface area contributed by atoms with E-state index in [1.807, 2.05) is 24.9 Å². The molecule has 3 aromatic carbocycles. The van der Waals surface area contributed by atoms with Crippen LogP contribution in [0, 0.1) is 5.41 Å². The molecule has 0 bridgehead atoms. The second-order valence-corrected chi connectivity index (χ2v) is 7.54. The summed E-state index contributed by atoms with van der Waals surface area (Å²) < 4.78 is 0. The first-order valence-corrected chi connectivity index (χ1v) is 13.8. The fourth-order valence-corrected chi connectivity index (χ4v) is 3.57. The number of fused-ring (bicyclic) bond motifs is 4. The molecule has 0 radical (unpaired) electrons. The first kappa shape index (κ1) is 34.9. The summed E-state index contributed by atoms with van der Waals surface area (Å²) in [5, 5.41) is 16.2. The zero-order valence-corrected chi connectivity index (χ0v) is 23.4. The van der Waals surface area contributed by atoms with E-state index in [4.69, 9.17) is 10.4 Å². The first-order valence-electron chi connectivity index (χ1n) is 10.9. The van der Waals surface area contributed by atoms with Gasteiger partial charge in [0, 0.05) is 42.7 Å². The number of anilines is 1. The summed E-state index contributed by atoms with van der Waals surface area (Å²) in [6.45, 7) is 7.83. The number of para-hydroxylation sites is 1. The summed E-state index contributed by atoms with van der Waals surface area (Å²) in [4.78, 5) is 6.96. The van der Waals surface area contributed by atoms with Crippen molar-refractivity contribution in [3.8, 4) is 0 Å². The average Bonchev–Trinajstić information content (AvgIpc) is 2.84. The van der Waals surface area contributed by atoms with E-state index >= 15 is 0 Å². The van der Waals surface area contributed by atoms with Gasteiger partial charge in [-0.3, -0.25) is 5.41 Å². The molecule has 0 aliphatic heterocycles. The summed E-state index contributed by atoms with van der Waals surface area (Å²) >= 11 is 1.61. The largest absolute Gasteiger partial charge is 0.693 e. The molecular formula is C27H40ClN6Pt-2. The minimum absolute atomic E-state index is 0. The van der Waals surface area contributed by atoms with E-state index in [0.29, 0.717) is 5.84 Å². The van der Waals surface area contributed by atoms with Gasteiger partial charge in [-0.05, 0) is 11.5 Å². The topological polar surface area (TPSA) is 119 Å². The molecule has 0 aliphatic rings. The van der Waals surface area contributed by atoms with Crippen LogP contribution in [0.2, 0.25) is 0 Å². The van der Waals surface area contributed by atoms with Gasteiger partial charge in [0.2, 0.25) is 0 Å². The number of hydrogen-bond acceptors (Lipinski definition) is 3. The maximum absolute atomic E-state index is 7.97. The van der Waals surface area contributed by atoms with Crippen LogP contribution in [0.5, 0.6) is 0 Å². The molecule has 4 aromatic rings. The van der Waals surface area contributed by atoms with Crippen LogP contribution in [0.1, 0.15) is 41.0 Å². The van der Waals surface area contributed by atoms with Crippen LogP contribution in [0.25, 0.3) is 44.9 Å². The molecule has 35 heavy (non-hydrogen) atoms. The molecule has 0 saturated heterocycles. The van der Waals surface area contributed by atoms with E-state index in [1.165, 1.54) is 17.2 Å². The Balaban J connectivity index is 0. The van der Waals surface area contributed by atoms with E-state index in [9.17, 15) is 0 Å². The van der Waals surface area contributed by atoms with Crippen molar-refractivity contribution in [3.63, 3.8) is 0 Å². The van der Waals surface area contributed by atoms with Crippen molar-refractivity contribution in [1.29, 1.82) is 5.41 Å². The SMILES string of the molecule is C.CCC.CCC(=N)N(C)CCNc1c2ccccc2nc2c1ccc1ccccc12.[Cl][Pt].[NH2-].[NH2-]. The predicted octanol–water partition coefficient (Wildman–Crippen LogP) is 9.45. The number of pyridine rings is 1. The number of likely N-dealkylation sites (N-methyl/N-ethyl adjacent to an activating group) is 1. The smallest absolute Gasteiger partial charge is 0.693 e. The van der Waals surface area contributed by atoms with Gasteiger partial charge in [0.25, 0.3) is 0 Å². The number of halogens is 1. The molecule has 0 spiro atoms. The van der Waals surface area contributed by atoms with Crippen LogP contribution in [-0.2, 0) is 18.8 Å². The fraction of sp³-hybridized carbons (Fsp3) is 0.333. The van der Waals surface area contributed by atoms with Crippen LogP contribution in [0.4, 0.5) is 5.69 Å². The number of hydrogen-bond donors (Lipinski definition) is 2. The zero-order chi connectivity index (χ0) is 23.5. The summed E-state index contributed by atoms with van der Waals surface area (Å²) in [6.07, 6.45) is 2.00. The second kappa shape index (κ2) is 18.1. The van der Waals surface area contributed by atoms with E-state index in [-0.39, 0.29) is 19.7 Å². The van der Waals surface area contributed by atoms with E-state index in [1.54, 1.807) is 18.8 Å². The molecule has 0 fully saturated rings. The summed E-state index contributed by atoms with van der Waals surface area (Å²) in [6, 6.07) is 21.0. The molecule has 0 unspecified atom stereocenters. The Morgan fingerprint density at radius 3 is 2.11 bits per heavy atom. The number of aromatic nitrogens is 1. The monoisotopic (exact) mass is 678 g/mol. The van der Waals surface area contributed by atoms with Crippen molar-refractivity contribution < 1.29 is 18.8 Å². The van der Waals surface area contributed by atoms with E-state index < -0.39 is 0 Å². The summed E-state index contributed by atoms with van der Waals surface area (Å²) in [7, 11) is 6.59. The van der Waals surface area contributed by atoms with Crippen LogP contribution >= 0.6 is 9.42 Å². The predicted molar refractivity (Wildman–Crippen MR) is 155 cm³/mol. The summed E-state index contributed by atoms with van der Waals surface area (Å²) in [5.74, 6) is 0.659. The van der Waals surface area contributed by atoms with Crippen molar-refractivity contribution in [2.45, 2.75) is 41.0 Å². The number of nitrogens with one attached hydrogen (secondary N) is 2. The zero-order valence-electron chi connectivity index (χ0n) is 20.3. The Hall–Kier alpha value is -2.24. The van der Waals surface area contributed by atoms with Crippen LogP contribution in [0.15, 0.2) is 60.7 Å². The van der Waals surface area contributed by atoms with Crippen molar-refractivity contribution >= 4 is 53.5 Å². The Kier molecular flexibility index (Phi) is 18.0. The van der Waals surface area contributed by atoms with Crippen molar-refractivity contribution in [3.05, 3.63) is 73.0 Å². The molecule has 1 heterocycles. The van der Waals surface area contributed by atoms with Gasteiger partial charge in [0.15, 0.2) is 0 Å². The third-order valence-electron chi connectivity index (χ3n) is 5.12. The molecule has 0 aliphatic carbocycles. The van der Waals surface area contributed by atoms with E-state index in [2.05, 4.69) is 83.2 Å². The molecule has 6 N–H and O–H groups in total. The minimum Gasteiger partial charge on any atom is -0.693 e. The molecule has 1 aromatic heterocycles. The van der Waals surface area contributed by atoms with Crippen LogP contribution < -0.4 is 5.32 Å². The quantitative estimate of drug-likeness (QED) is 0.0947. The van der Waals surface area contributed by atoms with Gasteiger partial charge in [-0.2, -0.15) is 0 Å². The Morgan fingerprint density at radius 1 is 0.914 bits per heavy atom. The number of nitrogens with two attached hydrogens (primary N) is 2. The summed E-state index contributed by atoms with van der Waals surface area (Å²) in [5.41, 5.74) is 3.15. The van der Waals surface area contributed by atoms with Crippen molar-refractivity contribution in [2.75, 3.05) is 25.5 Å². The third kappa shape index (κ3) is 8.73. The normalized spacial score (nSPS) is 9.34. The Labute approximate surface area is 226 Å². The Bertz CT molecular complexity index is 1170. The van der Waals surface area contributed by atoms with Gasteiger partial charge >= 0.3 is 28.2 Å². The Morgan fingerprint density at radius 2 is 1.49 bits per heavy atom. The van der Waals surface area contributed by atoms with Gasteiger partial charge in [-0.15, -0.1) is 0 Å². The molecule has 0 atom stereocenters. The molecule has 4 rings (SSSR count). The molecular weight excluding hydrogens is 639 g/mol. The van der Waals surface area contributed by atoms with Crippen LogP contribution in [-0.4, -0.2) is 35.9 Å². The standard InChI is InChI=1S/C23H24N4.C3H8.CH4.ClH.2H2N.Pt/c1-3-21(24)27(2)15-14-25-22-18-10-6-7-11-20(18)26-23-17-9-5-4-8-16(17)12-13-19(22)23;1-3-2;;;;;/h4-13,24H,3,14-15H2,1-2H3,(H,25,26);3H2,1-2H3;1H4;1H;2*1H2;/q;;;;2*-1;+1/p-1. The molecule has 6 nitrogen and oxygen atoms in total. The van der Waals surface area contributed by atoms with Gasteiger partial charge in [0.1, 0.15) is 0 Å². The molecule has 197 valence electrons. The van der Waals surface area contributed by atoms with Gasteiger partial charge in [-0.1, -0.05) is 89.2 Å².